The lowest BCUT2D eigenvalue weighted by molar-refractivity contribution is 0.465. The molecule has 0 aliphatic rings. The number of fused-ring (bicyclic) bond motifs is 1. The van der Waals surface area contributed by atoms with Gasteiger partial charge in [0.15, 0.2) is 0 Å². The van der Waals surface area contributed by atoms with Gasteiger partial charge < -0.3 is 10.2 Å². The van der Waals surface area contributed by atoms with Crippen molar-refractivity contribution in [1.29, 1.82) is 0 Å². The van der Waals surface area contributed by atoms with E-state index < -0.39 is 0 Å². The van der Waals surface area contributed by atoms with E-state index in [0.717, 1.165) is 36.2 Å². The zero-order valence-corrected chi connectivity index (χ0v) is 18.0. The normalized spacial score (nSPS) is 11.2. The van der Waals surface area contributed by atoms with Crippen LogP contribution in [0.5, 0.6) is 11.5 Å². The Morgan fingerprint density at radius 3 is 1.67 bits per heavy atom. The van der Waals surface area contributed by atoms with Crippen LogP contribution in [0, 0.1) is 28.1 Å². The number of halogens is 4. The molecule has 2 rings (SSSR count). The van der Waals surface area contributed by atoms with Crippen LogP contribution in [0.2, 0.25) is 0 Å². The Labute approximate surface area is 159 Å². The molecule has 2 nitrogen and oxygen atoms in total. The van der Waals surface area contributed by atoms with Crippen molar-refractivity contribution in [2.24, 2.45) is 0 Å². The molecule has 2 N–H and O–H groups in total. The predicted molar refractivity (Wildman–Crippen MR) is 108 cm³/mol. The SMILES string of the molecule is Cc1c(O)c(I)c(C)c2c(I)c(I)c(O)c(I)c12. The highest BCUT2D eigenvalue weighted by Crippen LogP contribution is 2.44. The van der Waals surface area contributed by atoms with Crippen LogP contribution in [0.1, 0.15) is 11.1 Å². The lowest BCUT2D eigenvalue weighted by Crippen LogP contribution is -1.97. The summed E-state index contributed by atoms with van der Waals surface area (Å²) in [6.07, 6.45) is 0. The van der Waals surface area contributed by atoms with E-state index in [1.165, 1.54) is 0 Å². The largest absolute Gasteiger partial charge is 0.507 e. The van der Waals surface area contributed by atoms with E-state index in [1.54, 1.807) is 0 Å². The highest BCUT2D eigenvalue weighted by atomic mass is 127. The first-order chi connectivity index (χ1) is 8.29. The van der Waals surface area contributed by atoms with Gasteiger partial charge in [0, 0.05) is 19.9 Å². The van der Waals surface area contributed by atoms with Crippen LogP contribution in [0.15, 0.2) is 0 Å². The number of rotatable bonds is 0. The van der Waals surface area contributed by atoms with Crippen LogP contribution in [-0.2, 0) is 0 Å². The summed E-state index contributed by atoms with van der Waals surface area (Å²) in [7, 11) is 0. The van der Waals surface area contributed by atoms with Crippen LogP contribution in [0.3, 0.4) is 0 Å². The zero-order chi connectivity index (χ0) is 13.8. The number of aryl methyl sites for hydroxylation is 2. The molecule has 0 bridgehead atoms. The van der Waals surface area contributed by atoms with Crippen LogP contribution in [-0.4, -0.2) is 10.2 Å². The molecule has 0 aliphatic heterocycles. The van der Waals surface area contributed by atoms with Gasteiger partial charge in [-0.25, -0.2) is 0 Å². The minimum absolute atomic E-state index is 0.302. The van der Waals surface area contributed by atoms with Crippen LogP contribution in [0.25, 0.3) is 10.8 Å². The van der Waals surface area contributed by atoms with E-state index in [4.69, 9.17) is 0 Å². The smallest absolute Gasteiger partial charge is 0.143 e. The van der Waals surface area contributed by atoms with Gasteiger partial charge in [0.2, 0.25) is 0 Å². The fourth-order valence-corrected chi connectivity index (χ4v) is 5.53. The van der Waals surface area contributed by atoms with E-state index >= 15 is 0 Å². The lowest BCUT2D eigenvalue weighted by Gasteiger charge is -2.16. The molecule has 0 spiro atoms. The molecule has 0 radical (unpaired) electrons. The van der Waals surface area contributed by atoms with E-state index in [2.05, 4.69) is 90.4 Å². The maximum atomic E-state index is 10.2. The van der Waals surface area contributed by atoms with Crippen molar-refractivity contribution in [2.45, 2.75) is 13.8 Å². The monoisotopic (exact) mass is 692 g/mol. The number of phenolic OH excluding ortho intramolecular Hbond substituents is 2. The van der Waals surface area contributed by atoms with Gasteiger partial charge in [0.25, 0.3) is 0 Å². The Morgan fingerprint density at radius 2 is 1.11 bits per heavy atom. The molecule has 0 aliphatic carbocycles. The molecule has 0 saturated carbocycles. The molecule has 0 aromatic heterocycles. The zero-order valence-electron chi connectivity index (χ0n) is 9.41. The van der Waals surface area contributed by atoms with Gasteiger partial charge in [0.1, 0.15) is 11.5 Å². The Bertz CT molecular complexity index is 567. The molecule has 0 heterocycles. The Morgan fingerprint density at radius 1 is 0.611 bits per heavy atom. The van der Waals surface area contributed by atoms with Crippen molar-refractivity contribution >= 4 is 101 Å². The molecule has 0 unspecified atom stereocenters. The van der Waals surface area contributed by atoms with E-state index in [9.17, 15) is 10.2 Å². The highest BCUT2D eigenvalue weighted by molar-refractivity contribution is 14.1. The minimum Gasteiger partial charge on any atom is -0.507 e. The first-order valence-electron chi connectivity index (χ1n) is 4.95. The Kier molecular flexibility index (Phi) is 4.81. The molecular formula is C12H8I4O2. The van der Waals surface area contributed by atoms with Crippen molar-refractivity contribution < 1.29 is 10.2 Å². The van der Waals surface area contributed by atoms with Gasteiger partial charge in [-0.1, -0.05) is 0 Å². The summed E-state index contributed by atoms with van der Waals surface area (Å²) in [5.74, 6) is 0.617. The van der Waals surface area contributed by atoms with Crippen LogP contribution >= 0.6 is 90.4 Å². The summed E-state index contributed by atoms with van der Waals surface area (Å²) in [5, 5.41) is 22.4. The molecule has 2 aromatic rings. The summed E-state index contributed by atoms with van der Waals surface area (Å²) in [5.41, 5.74) is 1.89. The van der Waals surface area contributed by atoms with Crippen LogP contribution in [0.4, 0.5) is 0 Å². The summed E-state index contributed by atoms with van der Waals surface area (Å²) in [6, 6.07) is 0. The molecular weight excluding hydrogens is 684 g/mol. The van der Waals surface area contributed by atoms with Gasteiger partial charge in [0.05, 0.1) is 10.7 Å². The quantitative estimate of drug-likeness (QED) is 0.292. The van der Waals surface area contributed by atoms with Gasteiger partial charge in [-0.2, -0.15) is 0 Å². The Hall–Kier alpha value is 1.22. The fourth-order valence-electron chi connectivity index (χ4n) is 1.92. The second-order valence-corrected chi connectivity index (χ2v) is 8.27. The summed E-state index contributed by atoms with van der Waals surface area (Å²) < 4.78 is 3.60. The first-order valence-corrected chi connectivity index (χ1v) is 9.27. The average molecular weight is 692 g/mol. The van der Waals surface area contributed by atoms with Crippen molar-refractivity contribution in [2.75, 3.05) is 0 Å². The second-order valence-electron chi connectivity index (χ2n) is 3.95. The van der Waals surface area contributed by atoms with Crippen molar-refractivity contribution in [3.8, 4) is 11.5 Å². The lowest BCUT2D eigenvalue weighted by atomic mass is 10.00. The first kappa shape index (κ1) is 15.6. The molecule has 18 heavy (non-hydrogen) atoms. The van der Waals surface area contributed by atoms with E-state index in [-0.39, 0.29) is 0 Å². The maximum Gasteiger partial charge on any atom is 0.143 e. The van der Waals surface area contributed by atoms with Crippen molar-refractivity contribution in [3.05, 3.63) is 25.4 Å². The average Bonchev–Trinajstić information content (AvgIpc) is 2.35. The third kappa shape index (κ3) is 2.22. The van der Waals surface area contributed by atoms with Crippen molar-refractivity contribution in [3.63, 3.8) is 0 Å². The molecule has 2 aromatic carbocycles. The topological polar surface area (TPSA) is 40.5 Å². The molecule has 0 amide bonds. The van der Waals surface area contributed by atoms with Crippen molar-refractivity contribution in [1.82, 2.24) is 0 Å². The third-order valence-corrected chi connectivity index (χ3v) is 8.47. The molecule has 0 atom stereocenters. The summed E-state index contributed by atoms with van der Waals surface area (Å²) in [4.78, 5) is 0. The fraction of sp³-hybridized carbons (Fsp3) is 0.167. The minimum atomic E-state index is 0.302. The second kappa shape index (κ2) is 5.54. The number of aromatic hydroxyl groups is 2. The van der Waals surface area contributed by atoms with Gasteiger partial charge in [-0.15, -0.1) is 0 Å². The molecule has 0 fully saturated rings. The summed E-state index contributed by atoms with van der Waals surface area (Å²) in [6.45, 7) is 3.90. The van der Waals surface area contributed by atoms with Gasteiger partial charge >= 0.3 is 0 Å². The highest BCUT2D eigenvalue weighted by Gasteiger charge is 2.21. The Balaban J connectivity index is 3.22. The summed E-state index contributed by atoms with van der Waals surface area (Å²) >= 11 is 8.74. The third-order valence-electron chi connectivity index (χ3n) is 2.94. The van der Waals surface area contributed by atoms with Crippen LogP contribution < -0.4 is 0 Å². The van der Waals surface area contributed by atoms with Gasteiger partial charge in [-0.05, 0) is 110 Å². The number of hydrogen-bond donors (Lipinski definition) is 2. The molecule has 96 valence electrons. The standard InChI is InChI=1S/C12H8I4O2/c1-3-5-6(4(2)11(17)7(3)13)9(15)12(18)10(16)8(5)14/h17-18H,1-2H3. The number of benzene rings is 2. The molecule has 6 heteroatoms. The van der Waals surface area contributed by atoms with E-state index in [0.29, 0.717) is 11.5 Å². The predicted octanol–water partition coefficient (Wildman–Crippen LogP) is 5.29. The van der Waals surface area contributed by atoms with E-state index in [1.807, 2.05) is 13.8 Å². The molecule has 0 saturated heterocycles. The maximum absolute atomic E-state index is 10.2. The van der Waals surface area contributed by atoms with Gasteiger partial charge in [-0.3, -0.25) is 0 Å². The number of hydrogen-bond acceptors (Lipinski definition) is 2. The number of phenols is 2.